The molecule has 0 aliphatic carbocycles. The smallest absolute Gasteiger partial charge is 0.290 e. The maximum atomic E-state index is 9.92. The zero-order valence-electron chi connectivity index (χ0n) is 3.72. The second kappa shape index (κ2) is 3.47. The summed E-state index contributed by atoms with van der Waals surface area (Å²) in [6.07, 6.45) is 0. The summed E-state index contributed by atoms with van der Waals surface area (Å²) in [4.78, 5) is 0. The maximum absolute atomic E-state index is 9.92. The van der Waals surface area contributed by atoms with Crippen molar-refractivity contribution in [3.63, 3.8) is 0 Å². The average molecular weight is 106 g/mol. The van der Waals surface area contributed by atoms with E-state index in [9.17, 15) is 4.57 Å². The lowest BCUT2D eigenvalue weighted by Gasteiger charge is -1.90. The number of hydrogen-bond donors (Lipinski definition) is 0. The van der Waals surface area contributed by atoms with Crippen molar-refractivity contribution in [3.05, 3.63) is 0 Å². The zero-order chi connectivity index (χ0) is 4.99. The van der Waals surface area contributed by atoms with Crippen LogP contribution < -0.4 is 0 Å². The fourth-order valence-corrected chi connectivity index (χ4v) is 0.250. The van der Waals surface area contributed by atoms with Gasteiger partial charge in [-0.1, -0.05) is 0 Å². The second-order valence-electron chi connectivity index (χ2n) is 0.658. The van der Waals surface area contributed by atoms with Gasteiger partial charge in [0, 0.05) is 0 Å². The third-order valence-electron chi connectivity index (χ3n) is 0.333. The van der Waals surface area contributed by atoms with Gasteiger partial charge in [-0.25, -0.2) is 0 Å². The predicted molar refractivity (Wildman–Crippen MR) is 28.3 cm³/mol. The molecule has 3 nitrogen and oxygen atoms in total. The maximum Gasteiger partial charge on any atom is 0.290 e. The predicted octanol–water partition coefficient (Wildman–Crippen LogP) is -1.49. The molecule has 0 saturated carbocycles. The molecular weight excluding hydrogens is 101 g/mol. The van der Waals surface area contributed by atoms with Crippen LogP contribution in [0, 0.1) is 0 Å². The average Bonchev–Trinajstić information content (AvgIpc) is 1.65. The van der Waals surface area contributed by atoms with Gasteiger partial charge in [-0.15, -0.1) is 0 Å². The first-order valence-electron chi connectivity index (χ1n) is 1.43. The van der Waals surface area contributed by atoms with E-state index < -0.39 is 8.25 Å². The van der Waals surface area contributed by atoms with Crippen LogP contribution in [0.5, 0.6) is 0 Å². The minimum absolute atomic E-state index is 1.34. The summed E-state index contributed by atoms with van der Waals surface area (Å²) in [6.45, 7) is 0. The lowest BCUT2D eigenvalue weighted by Crippen LogP contribution is -1.71. The Morgan fingerprint density at radius 3 is 1.67 bits per heavy atom. The standard InChI is InChI=1S/B2H5O3P/c1-4-6(3)5-2/h6H,1-2H2. The van der Waals surface area contributed by atoms with E-state index >= 15 is 0 Å². The monoisotopic (exact) mass is 106 g/mol. The molecule has 0 atom stereocenters. The summed E-state index contributed by atoms with van der Waals surface area (Å²) in [5.74, 6) is 0. The van der Waals surface area contributed by atoms with Gasteiger partial charge in [0.2, 0.25) is 0 Å². The van der Waals surface area contributed by atoms with E-state index in [1.165, 1.54) is 16.1 Å². The molecule has 6 heavy (non-hydrogen) atoms. The van der Waals surface area contributed by atoms with Crippen molar-refractivity contribution in [1.29, 1.82) is 0 Å². The molecule has 0 aromatic carbocycles. The highest BCUT2D eigenvalue weighted by atomic mass is 31.1. The van der Waals surface area contributed by atoms with Crippen molar-refractivity contribution in [1.82, 2.24) is 0 Å². The van der Waals surface area contributed by atoms with Crippen LogP contribution in [0.3, 0.4) is 0 Å². The van der Waals surface area contributed by atoms with Gasteiger partial charge in [-0.3, -0.25) is 4.57 Å². The van der Waals surface area contributed by atoms with Crippen LogP contribution in [-0.4, -0.2) is 16.1 Å². The summed E-state index contributed by atoms with van der Waals surface area (Å²) in [5, 5.41) is 0. The van der Waals surface area contributed by atoms with Crippen LogP contribution in [0.1, 0.15) is 0 Å². The minimum Gasteiger partial charge on any atom is -0.382 e. The van der Waals surface area contributed by atoms with E-state index in [4.69, 9.17) is 0 Å². The van der Waals surface area contributed by atoms with Crippen LogP contribution in [-0.2, 0) is 13.4 Å². The highest BCUT2D eigenvalue weighted by Crippen LogP contribution is 2.17. The molecule has 6 heteroatoms. The van der Waals surface area contributed by atoms with Gasteiger partial charge >= 0.3 is 0 Å². The highest BCUT2D eigenvalue weighted by Gasteiger charge is 1.82. The van der Waals surface area contributed by atoms with Crippen LogP contribution in [0.15, 0.2) is 0 Å². The van der Waals surface area contributed by atoms with Crippen molar-refractivity contribution in [2.24, 2.45) is 0 Å². The normalized spacial score (nSPS) is 9.50. The summed E-state index contributed by atoms with van der Waals surface area (Å²) >= 11 is 0. The van der Waals surface area contributed by atoms with Gasteiger partial charge in [0.25, 0.3) is 24.4 Å². The molecule has 0 rings (SSSR count). The van der Waals surface area contributed by atoms with Crippen molar-refractivity contribution in [3.8, 4) is 0 Å². The van der Waals surface area contributed by atoms with E-state index in [1.54, 1.807) is 0 Å². The molecule has 0 radical (unpaired) electrons. The summed E-state index contributed by atoms with van der Waals surface area (Å²) in [6, 6.07) is 0. The summed E-state index contributed by atoms with van der Waals surface area (Å²) in [7, 11) is 0.558. The van der Waals surface area contributed by atoms with Crippen LogP contribution >= 0.6 is 8.25 Å². The molecule has 0 aliphatic rings. The van der Waals surface area contributed by atoms with Gasteiger partial charge < -0.3 is 8.88 Å². The van der Waals surface area contributed by atoms with Gasteiger partial charge in [0.05, 0.1) is 0 Å². The Labute approximate surface area is 38.9 Å². The fraction of sp³-hybridized carbons (Fsp3) is 0. The summed E-state index contributed by atoms with van der Waals surface area (Å²) < 4.78 is 18.4. The van der Waals surface area contributed by atoms with Crippen molar-refractivity contribution < 1.29 is 13.4 Å². The SMILES string of the molecule is BO[PH](=O)OB. The van der Waals surface area contributed by atoms with Crippen LogP contribution in [0.4, 0.5) is 0 Å². The Bertz CT molecular complexity index is 46.8. The lowest BCUT2D eigenvalue weighted by molar-refractivity contribution is 0.445. The molecule has 0 bridgehead atoms. The Morgan fingerprint density at radius 2 is 1.67 bits per heavy atom. The minimum atomic E-state index is -2.12. The zero-order valence-corrected chi connectivity index (χ0v) is 4.72. The first kappa shape index (κ1) is 6.28. The molecule has 0 aromatic heterocycles. The van der Waals surface area contributed by atoms with Gasteiger partial charge in [0.1, 0.15) is 0 Å². The molecule has 34 valence electrons. The second-order valence-corrected chi connectivity index (χ2v) is 1.97. The van der Waals surface area contributed by atoms with Gasteiger partial charge in [-0.05, 0) is 0 Å². The molecule has 0 aliphatic heterocycles. The Morgan fingerprint density at radius 1 is 1.33 bits per heavy atom. The first-order chi connectivity index (χ1) is 2.81. The molecular formula is H5B2O3P. The summed E-state index contributed by atoms with van der Waals surface area (Å²) in [5.41, 5.74) is 0. The molecule has 0 amide bonds. The quantitative estimate of drug-likeness (QED) is 0.317. The first-order valence-corrected chi connectivity index (χ1v) is 2.65. The fourth-order valence-electron chi connectivity index (χ4n) is 0.0833. The molecule has 0 aromatic rings. The highest BCUT2D eigenvalue weighted by molar-refractivity contribution is 7.35. The van der Waals surface area contributed by atoms with Gasteiger partial charge in [0.15, 0.2) is 0 Å². The van der Waals surface area contributed by atoms with E-state index in [0.29, 0.717) is 0 Å². The molecule has 0 fully saturated rings. The molecule has 0 N–H and O–H groups in total. The van der Waals surface area contributed by atoms with E-state index in [-0.39, 0.29) is 0 Å². The molecule has 0 saturated heterocycles. The molecule has 0 heterocycles. The number of rotatable bonds is 2. The number of hydrogen-bond acceptors (Lipinski definition) is 3. The van der Waals surface area contributed by atoms with Crippen molar-refractivity contribution in [2.75, 3.05) is 0 Å². The third-order valence-corrected chi connectivity index (χ3v) is 1.00. The molecule has 0 spiro atoms. The van der Waals surface area contributed by atoms with E-state index in [1.807, 2.05) is 0 Å². The molecule has 0 unspecified atom stereocenters. The largest absolute Gasteiger partial charge is 0.382 e. The van der Waals surface area contributed by atoms with Crippen LogP contribution in [0.2, 0.25) is 0 Å². The van der Waals surface area contributed by atoms with Gasteiger partial charge in [-0.2, -0.15) is 0 Å². The van der Waals surface area contributed by atoms with E-state index in [0.717, 1.165) is 0 Å². The lowest BCUT2D eigenvalue weighted by atomic mass is 10.6. The Kier molecular flexibility index (Phi) is 3.63. The van der Waals surface area contributed by atoms with Crippen molar-refractivity contribution >= 4 is 24.4 Å². The van der Waals surface area contributed by atoms with Crippen LogP contribution in [0.25, 0.3) is 0 Å². The Balaban J connectivity index is 2.99. The van der Waals surface area contributed by atoms with Crippen molar-refractivity contribution in [2.45, 2.75) is 0 Å². The Hall–Kier alpha value is 0.280. The topological polar surface area (TPSA) is 35.5 Å². The third kappa shape index (κ3) is 2.51. The van der Waals surface area contributed by atoms with E-state index in [2.05, 4.69) is 8.88 Å².